The number of furan rings is 1. The molecule has 0 spiro atoms. The van der Waals surface area contributed by atoms with Gasteiger partial charge in [-0.25, -0.2) is 0 Å². The molecule has 130 valence electrons. The van der Waals surface area contributed by atoms with Gasteiger partial charge < -0.3 is 9.15 Å². The minimum atomic E-state index is -0.0883. The largest absolute Gasteiger partial charge is 0.494 e. The average molecular weight is 373 g/mol. The van der Waals surface area contributed by atoms with Crippen molar-refractivity contribution in [1.82, 2.24) is 4.90 Å². The number of hydrogen-bond donors (Lipinski definition) is 0. The minimum Gasteiger partial charge on any atom is -0.494 e. The summed E-state index contributed by atoms with van der Waals surface area (Å²) in [6.45, 7) is 3.22. The van der Waals surface area contributed by atoms with Crippen LogP contribution >= 0.6 is 24.0 Å². The fourth-order valence-electron chi connectivity index (χ4n) is 2.34. The van der Waals surface area contributed by atoms with Gasteiger partial charge in [-0.15, -0.1) is 0 Å². The van der Waals surface area contributed by atoms with Crippen LogP contribution in [0.2, 0.25) is 0 Å². The normalized spacial score (nSPS) is 16.0. The Balaban J connectivity index is 1.67. The van der Waals surface area contributed by atoms with Gasteiger partial charge in [0, 0.05) is 0 Å². The van der Waals surface area contributed by atoms with Crippen LogP contribution in [-0.2, 0) is 11.3 Å². The SMILES string of the molecule is CCCCOc1ccc(C=C2SC(=S)N(Cc3ccco3)C2=O)cc1. The summed E-state index contributed by atoms with van der Waals surface area (Å²) in [5.74, 6) is 1.47. The number of rotatable bonds is 7. The van der Waals surface area contributed by atoms with Crippen molar-refractivity contribution < 1.29 is 13.9 Å². The standard InChI is InChI=1S/C19H19NO3S2/c1-2-3-10-22-15-8-6-14(7-9-15)12-17-18(21)20(19(24)25-17)13-16-5-4-11-23-16/h4-9,11-12H,2-3,10,13H2,1H3. The molecule has 1 aromatic carbocycles. The fraction of sp³-hybridized carbons (Fsp3) is 0.263. The first-order valence-corrected chi connectivity index (χ1v) is 9.40. The van der Waals surface area contributed by atoms with Crippen molar-refractivity contribution in [2.24, 2.45) is 0 Å². The van der Waals surface area contributed by atoms with Gasteiger partial charge in [0.2, 0.25) is 0 Å². The number of carbonyl (C=O) groups is 1. The Morgan fingerprint density at radius 2 is 2.08 bits per heavy atom. The molecule has 0 atom stereocenters. The van der Waals surface area contributed by atoms with E-state index in [0.717, 1.165) is 30.8 Å². The lowest BCUT2D eigenvalue weighted by molar-refractivity contribution is -0.122. The number of benzene rings is 1. The molecular formula is C19H19NO3S2. The zero-order valence-corrected chi connectivity index (χ0v) is 15.6. The summed E-state index contributed by atoms with van der Waals surface area (Å²) in [5, 5.41) is 0. The van der Waals surface area contributed by atoms with Crippen LogP contribution in [0.5, 0.6) is 5.75 Å². The first kappa shape index (κ1) is 17.8. The molecule has 2 aromatic rings. The Bertz CT molecular complexity index is 766. The number of ether oxygens (including phenoxy) is 1. The van der Waals surface area contributed by atoms with Gasteiger partial charge in [-0.05, 0) is 42.3 Å². The van der Waals surface area contributed by atoms with Gasteiger partial charge in [0.05, 0.1) is 24.3 Å². The molecule has 0 radical (unpaired) electrons. The van der Waals surface area contributed by atoms with Crippen molar-refractivity contribution in [2.75, 3.05) is 6.61 Å². The zero-order chi connectivity index (χ0) is 17.6. The quantitative estimate of drug-likeness (QED) is 0.394. The number of unbranched alkanes of at least 4 members (excludes halogenated alkanes) is 1. The van der Waals surface area contributed by atoms with Gasteiger partial charge in [0.1, 0.15) is 15.8 Å². The lowest BCUT2D eigenvalue weighted by atomic mass is 10.2. The van der Waals surface area contributed by atoms with Crippen molar-refractivity contribution >= 4 is 40.3 Å². The third kappa shape index (κ3) is 4.52. The number of nitrogens with zero attached hydrogens (tertiary/aromatic N) is 1. The van der Waals surface area contributed by atoms with Gasteiger partial charge in [-0.2, -0.15) is 0 Å². The Hall–Kier alpha value is -2.05. The molecule has 1 amide bonds. The maximum absolute atomic E-state index is 12.6. The third-order valence-corrected chi connectivity index (χ3v) is 5.09. The molecule has 0 saturated carbocycles. The van der Waals surface area contributed by atoms with E-state index in [0.29, 0.717) is 21.5 Å². The highest BCUT2D eigenvalue weighted by Crippen LogP contribution is 2.33. The van der Waals surface area contributed by atoms with Crippen LogP contribution in [0, 0.1) is 0 Å². The van der Waals surface area contributed by atoms with Crippen LogP contribution in [0.3, 0.4) is 0 Å². The van der Waals surface area contributed by atoms with Gasteiger partial charge in [-0.1, -0.05) is 49.5 Å². The van der Waals surface area contributed by atoms with E-state index in [1.165, 1.54) is 11.8 Å². The monoisotopic (exact) mass is 373 g/mol. The first-order valence-electron chi connectivity index (χ1n) is 8.18. The number of carbonyl (C=O) groups excluding carboxylic acids is 1. The van der Waals surface area contributed by atoms with E-state index in [1.807, 2.05) is 36.4 Å². The summed E-state index contributed by atoms with van der Waals surface area (Å²) in [5.41, 5.74) is 0.946. The zero-order valence-electron chi connectivity index (χ0n) is 13.9. The van der Waals surface area contributed by atoms with Crippen molar-refractivity contribution in [2.45, 2.75) is 26.3 Å². The van der Waals surface area contributed by atoms with Gasteiger partial charge >= 0.3 is 0 Å². The van der Waals surface area contributed by atoms with Gasteiger partial charge in [-0.3, -0.25) is 9.69 Å². The predicted molar refractivity (Wildman–Crippen MR) is 104 cm³/mol. The Labute approximate surface area is 156 Å². The summed E-state index contributed by atoms with van der Waals surface area (Å²) in [6, 6.07) is 11.4. The highest BCUT2D eigenvalue weighted by molar-refractivity contribution is 8.26. The molecule has 4 nitrogen and oxygen atoms in total. The molecule has 1 saturated heterocycles. The number of thiocarbonyl (C=S) groups is 1. The predicted octanol–water partition coefficient (Wildman–Crippen LogP) is 4.86. The van der Waals surface area contributed by atoms with Crippen LogP contribution < -0.4 is 4.74 Å². The molecule has 2 heterocycles. The second kappa shape index (κ2) is 8.36. The molecule has 1 fully saturated rings. The molecule has 1 aromatic heterocycles. The lowest BCUT2D eigenvalue weighted by Crippen LogP contribution is -2.27. The number of thioether (sulfide) groups is 1. The summed E-state index contributed by atoms with van der Waals surface area (Å²) in [6.07, 6.45) is 5.60. The highest BCUT2D eigenvalue weighted by atomic mass is 32.2. The van der Waals surface area contributed by atoms with Crippen molar-refractivity contribution in [1.29, 1.82) is 0 Å². The molecule has 0 bridgehead atoms. The van der Waals surface area contributed by atoms with E-state index in [1.54, 1.807) is 17.2 Å². The van der Waals surface area contributed by atoms with E-state index in [9.17, 15) is 4.79 Å². The van der Waals surface area contributed by atoms with E-state index in [-0.39, 0.29) is 5.91 Å². The maximum atomic E-state index is 12.6. The van der Waals surface area contributed by atoms with E-state index < -0.39 is 0 Å². The molecule has 6 heteroatoms. The van der Waals surface area contributed by atoms with Gasteiger partial charge in [0.15, 0.2) is 0 Å². The Kier molecular flexibility index (Phi) is 5.94. The molecular weight excluding hydrogens is 354 g/mol. The molecule has 1 aliphatic rings. The van der Waals surface area contributed by atoms with Gasteiger partial charge in [0.25, 0.3) is 5.91 Å². The third-order valence-electron chi connectivity index (χ3n) is 3.71. The van der Waals surface area contributed by atoms with Crippen molar-refractivity contribution in [3.8, 4) is 5.75 Å². The Morgan fingerprint density at radius 3 is 2.76 bits per heavy atom. The highest BCUT2D eigenvalue weighted by Gasteiger charge is 2.32. The van der Waals surface area contributed by atoms with E-state index in [2.05, 4.69) is 6.92 Å². The molecule has 0 unspecified atom stereocenters. The molecule has 0 N–H and O–H groups in total. The minimum absolute atomic E-state index is 0.0883. The summed E-state index contributed by atoms with van der Waals surface area (Å²) < 4.78 is 11.5. The topological polar surface area (TPSA) is 42.7 Å². The Morgan fingerprint density at radius 1 is 1.28 bits per heavy atom. The average Bonchev–Trinajstić information content (AvgIpc) is 3.21. The maximum Gasteiger partial charge on any atom is 0.266 e. The van der Waals surface area contributed by atoms with Crippen molar-refractivity contribution in [3.05, 3.63) is 58.9 Å². The van der Waals surface area contributed by atoms with Crippen LogP contribution in [0.15, 0.2) is 52.0 Å². The molecule has 1 aliphatic heterocycles. The molecule has 25 heavy (non-hydrogen) atoms. The summed E-state index contributed by atoms with van der Waals surface area (Å²) >= 11 is 6.65. The fourth-order valence-corrected chi connectivity index (χ4v) is 3.60. The van der Waals surface area contributed by atoms with Crippen LogP contribution in [0.1, 0.15) is 31.1 Å². The second-order valence-corrected chi connectivity index (χ2v) is 7.29. The van der Waals surface area contributed by atoms with E-state index in [4.69, 9.17) is 21.4 Å². The smallest absolute Gasteiger partial charge is 0.266 e. The van der Waals surface area contributed by atoms with Crippen LogP contribution in [-0.4, -0.2) is 21.7 Å². The van der Waals surface area contributed by atoms with Crippen LogP contribution in [0.4, 0.5) is 0 Å². The van der Waals surface area contributed by atoms with Crippen LogP contribution in [0.25, 0.3) is 6.08 Å². The number of hydrogen-bond acceptors (Lipinski definition) is 5. The number of amides is 1. The first-order chi connectivity index (χ1) is 12.2. The summed E-state index contributed by atoms with van der Waals surface area (Å²) in [7, 11) is 0. The second-order valence-electron chi connectivity index (χ2n) is 5.62. The van der Waals surface area contributed by atoms with Crippen molar-refractivity contribution in [3.63, 3.8) is 0 Å². The summed E-state index contributed by atoms with van der Waals surface area (Å²) in [4.78, 5) is 14.8. The molecule has 3 rings (SSSR count). The molecule has 0 aliphatic carbocycles. The lowest BCUT2D eigenvalue weighted by Gasteiger charge is -2.11. The van der Waals surface area contributed by atoms with E-state index >= 15 is 0 Å².